The molecule has 0 atom stereocenters. The van der Waals surface area contributed by atoms with E-state index in [0.29, 0.717) is 18.4 Å². The minimum Gasteiger partial charge on any atom is -0.346 e. The first-order chi connectivity index (χ1) is 9.34. The molecule has 3 heteroatoms. The van der Waals surface area contributed by atoms with Crippen molar-refractivity contribution in [1.82, 2.24) is 9.80 Å². The molecule has 0 fully saturated rings. The van der Waals surface area contributed by atoms with Crippen LogP contribution >= 0.6 is 0 Å². The Labute approximate surface area is 126 Å². The zero-order chi connectivity index (χ0) is 15.5. The number of hydrogen-bond acceptors (Lipinski definition) is 2. The fourth-order valence-electron chi connectivity index (χ4n) is 2.12. The maximum Gasteiger partial charge on any atom is 0.222 e. The number of carbonyl (C=O) groups is 1. The fraction of sp³-hybridized carbons (Fsp3) is 0.941. The van der Waals surface area contributed by atoms with Gasteiger partial charge in [0.15, 0.2) is 0 Å². The van der Waals surface area contributed by atoms with Gasteiger partial charge in [-0.25, -0.2) is 0 Å². The standard InChI is InChI=1S/C17H36N2O/c1-15(2)11-10-14-19(6)17(20)12-8-7-9-13-18(5)16(3)4/h15-16H,7-14H2,1-6H3. The number of rotatable bonds is 11. The average molecular weight is 284 g/mol. The van der Waals surface area contributed by atoms with Crippen molar-refractivity contribution in [3.05, 3.63) is 0 Å². The lowest BCUT2D eigenvalue weighted by Gasteiger charge is -2.21. The summed E-state index contributed by atoms with van der Waals surface area (Å²) in [5, 5.41) is 0. The Kier molecular flexibility index (Phi) is 10.8. The first-order valence-corrected chi connectivity index (χ1v) is 8.28. The third-order valence-electron chi connectivity index (χ3n) is 3.98. The van der Waals surface area contributed by atoms with Crippen LogP contribution in [0, 0.1) is 5.92 Å². The minimum atomic E-state index is 0.311. The third-order valence-corrected chi connectivity index (χ3v) is 3.98. The highest BCUT2D eigenvalue weighted by Gasteiger charge is 2.08. The van der Waals surface area contributed by atoms with Gasteiger partial charge in [0.1, 0.15) is 0 Å². The van der Waals surface area contributed by atoms with Gasteiger partial charge in [-0.1, -0.05) is 20.3 Å². The van der Waals surface area contributed by atoms with Crippen molar-refractivity contribution in [3.63, 3.8) is 0 Å². The van der Waals surface area contributed by atoms with Gasteiger partial charge in [0.2, 0.25) is 5.91 Å². The Morgan fingerprint density at radius 1 is 0.900 bits per heavy atom. The zero-order valence-electron chi connectivity index (χ0n) is 14.6. The Bertz CT molecular complexity index is 251. The van der Waals surface area contributed by atoms with Crippen LogP contribution in [-0.4, -0.2) is 48.9 Å². The van der Waals surface area contributed by atoms with Crippen LogP contribution in [0.15, 0.2) is 0 Å². The Morgan fingerprint density at radius 2 is 1.55 bits per heavy atom. The Hall–Kier alpha value is -0.570. The molecule has 3 nitrogen and oxygen atoms in total. The highest BCUT2D eigenvalue weighted by Crippen LogP contribution is 2.07. The maximum absolute atomic E-state index is 11.9. The molecule has 0 heterocycles. The number of unbranched alkanes of at least 4 members (excludes halogenated alkanes) is 2. The van der Waals surface area contributed by atoms with Crippen LogP contribution in [0.5, 0.6) is 0 Å². The maximum atomic E-state index is 11.9. The molecule has 120 valence electrons. The van der Waals surface area contributed by atoms with Gasteiger partial charge < -0.3 is 9.80 Å². The molecule has 1 amide bonds. The van der Waals surface area contributed by atoms with Crippen LogP contribution < -0.4 is 0 Å². The molecule has 0 unspecified atom stereocenters. The zero-order valence-corrected chi connectivity index (χ0v) is 14.6. The SMILES string of the molecule is CC(C)CCCN(C)C(=O)CCCCCN(C)C(C)C. The third kappa shape index (κ3) is 10.2. The van der Waals surface area contributed by atoms with E-state index in [1.54, 1.807) is 0 Å². The second kappa shape index (κ2) is 11.1. The van der Waals surface area contributed by atoms with E-state index in [-0.39, 0.29) is 0 Å². The number of amides is 1. The van der Waals surface area contributed by atoms with E-state index in [9.17, 15) is 4.79 Å². The molecule has 0 radical (unpaired) electrons. The molecule has 0 aliphatic rings. The molecule has 0 saturated heterocycles. The average Bonchev–Trinajstić information content (AvgIpc) is 2.36. The fourth-order valence-corrected chi connectivity index (χ4v) is 2.12. The normalized spacial score (nSPS) is 11.7. The van der Waals surface area contributed by atoms with Gasteiger partial charge in [-0.2, -0.15) is 0 Å². The highest BCUT2D eigenvalue weighted by atomic mass is 16.2. The molecule has 0 spiro atoms. The topological polar surface area (TPSA) is 23.6 Å². The predicted octanol–water partition coefficient (Wildman–Crippen LogP) is 3.78. The highest BCUT2D eigenvalue weighted by molar-refractivity contribution is 5.75. The van der Waals surface area contributed by atoms with Gasteiger partial charge in [-0.3, -0.25) is 4.79 Å². The molecule has 0 aliphatic heterocycles. The van der Waals surface area contributed by atoms with Crippen molar-refractivity contribution in [1.29, 1.82) is 0 Å². The monoisotopic (exact) mass is 284 g/mol. The molecule has 0 rings (SSSR count). The summed E-state index contributed by atoms with van der Waals surface area (Å²) in [6.07, 6.45) is 6.42. The number of nitrogens with zero attached hydrogens (tertiary/aromatic N) is 2. The van der Waals surface area contributed by atoms with E-state index in [2.05, 4.69) is 39.6 Å². The van der Waals surface area contributed by atoms with Crippen molar-refractivity contribution >= 4 is 5.91 Å². The van der Waals surface area contributed by atoms with Crippen LogP contribution in [0.1, 0.15) is 66.2 Å². The van der Waals surface area contributed by atoms with Crippen LogP contribution in [-0.2, 0) is 4.79 Å². The second-order valence-electron chi connectivity index (χ2n) is 6.74. The van der Waals surface area contributed by atoms with Gasteiger partial charge in [0.25, 0.3) is 0 Å². The quantitative estimate of drug-likeness (QED) is 0.539. The lowest BCUT2D eigenvalue weighted by Crippen LogP contribution is -2.28. The molecule has 0 aromatic carbocycles. The van der Waals surface area contributed by atoms with Crippen molar-refractivity contribution in [2.45, 2.75) is 72.3 Å². The molecule has 0 bridgehead atoms. The number of carbonyl (C=O) groups excluding carboxylic acids is 1. The summed E-state index contributed by atoms with van der Waals surface area (Å²) in [6, 6.07) is 0.615. The van der Waals surface area contributed by atoms with Crippen molar-refractivity contribution in [2.75, 3.05) is 27.2 Å². The predicted molar refractivity (Wildman–Crippen MR) is 87.9 cm³/mol. The van der Waals surface area contributed by atoms with Crippen LogP contribution in [0.4, 0.5) is 0 Å². The van der Waals surface area contributed by atoms with Crippen molar-refractivity contribution in [3.8, 4) is 0 Å². The van der Waals surface area contributed by atoms with E-state index in [0.717, 1.165) is 38.3 Å². The molecule has 0 aromatic rings. The van der Waals surface area contributed by atoms with Gasteiger partial charge in [-0.05, 0) is 59.0 Å². The van der Waals surface area contributed by atoms with Crippen molar-refractivity contribution in [2.24, 2.45) is 5.92 Å². The Morgan fingerprint density at radius 3 is 2.10 bits per heavy atom. The first kappa shape index (κ1) is 19.4. The van der Waals surface area contributed by atoms with Crippen LogP contribution in [0.3, 0.4) is 0 Å². The van der Waals surface area contributed by atoms with E-state index in [1.165, 1.54) is 12.8 Å². The smallest absolute Gasteiger partial charge is 0.222 e. The summed E-state index contributed by atoms with van der Waals surface area (Å²) in [7, 11) is 4.10. The van der Waals surface area contributed by atoms with Crippen LogP contribution in [0.25, 0.3) is 0 Å². The van der Waals surface area contributed by atoms with E-state index >= 15 is 0 Å². The molecule has 0 N–H and O–H groups in total. The van der Waals surface area contributed by atoms with Gasteiger partial charge in [0, 0.05) is 26.1 Å². The minimum absolute atomic E-state index is 0.311. The largest absolute Gasteiger partial charge is 0.346 e. The molecule has 20 heavy (non-hydrogen) atoms. The second-order valence-corrected chi connectivity index (χ2v) is 6.74. The lowest BCUT2D eigenvalue weighted by atomic mass is 10.1. The summed E-state index contributed by atoms with van der Waals surface area (Å²) in [5.41, 5.74) is 0. The molecule has 0 aliphatic carbocycles. The Balaban J connectivity index is 3.57. The summed E-state index contributed by atoms with van der Waals surface area (Å²) < 4.78 is 0. The van der Waals surface area contributed by atoms with Gasteiger partial charge in [0.05, 0.1) is 0 Å². The molecule has 0 aromatic heterocycles. The summed E-state index contributed by atoms with van der Waals surface area (Å²) in [4.78, 5) is 16.2. The van der Waals surface area contributed by atoms with E-state index in [4.69, 9.17) is 0 Å². The molecule has 0 saturated carbocycles. The molecular weight excluding hydrogens is 248 g/mol. The summed E-state index contributed by atoms with van der Waals surface area (Å²) in [5.74, 6) is 1.04. The summed E-state index contributed by atoms with van der Waals surface area (Å²) >= 11 is 0. The summed E-state index contributed by atoms with van der Waals surface area (Å²) in [6.45, 7) is 10.9. The first-order valence-electron chi connectivity index (χ1n) is 8.28. The van der Waals surface area contributed by atoms with Gasteiger partial charge in [-0.15, -0.1) is 0 Å². The molecular formula is C17H36N2O. The van der Waals surface area contributed by atoms with Crippen LogP contribution in [0.2, 0.25) is 0 Å². The van der Waals surface area contributed by atoms with Crippen molar-refractivity contribution < 1.29 is 4.79 Å². The van der Waals surface area contributed by atoms with Gasteiger partial charge >= 0.3 is 0 Å². The van der Waals surface area contributed by atoms with E-state index < -0.39 is 0 Å². The number of hydrogen-bond donors (Lipinski definition) is 0. The van der Waals surface area contributed by atoms with E-state index in [1.807, 2.05) is 11.9 Å². The lowest BCUT2D eigenvalue weighted by molar-refractivity contribution is -0.130.